The fourth-order valence-corrected chi connectivity index (χ4v) is 3.36. The molecule has 0 aliphatic heterocycles. The molecule has 0 bridgehead atoms. The Labute approximate surface area is 144 Å². The van der Waals surface area contributed by atoms with Crippen LogP contribution in [-0.2, 0) is 4.79 Å². The Morgan fingerprint density at radius 1 is 1.21 bits per heavy atom. The third-order valence-corrected chi connectivity index (χ3v) is 5.04. The van der Waals surface area contributed by atoms with Crippen LogP contribution in [0.1, 0.15) is 25.0 Å². The van der Waals surface area contributed by atoms with Gasteiger partial charge in [-0.15, -0.1) is 11.3 Å². The summed E-state index contributed by atoms with van der Waals surface area (Å²) in [5.41, 5.74) is 3.42. The molecule has 124 valence electrons. The van der Waals surface area contributed by atoms with Crippen molar-refractivity contribution in [3.8, 4) is 11.1 Å². The molecule has 0 fully saturated rings. The van der Waals surface area contributed by atoms with Crippen LogP contribution in [0, 0.1) is 13.8 Å². The van der Waals surface area contributed by atoms with Crippen LogP contribution >= 0.6 is 11.3 Å². The SMILES string of the molecule is Cc1ccc(-c2csc3ncnc(NC(C)(C)C(=O)O)c23)cc1C. The van der Waals surface area contributed by atoms with E-state index in [-0.39, 0.29) is 0 Å². The minimum atomic E-state index is -1.12. The van der Waals surface area contributed by atoms with E-state index in [9.17, 15) is 9.90 Å². The van der Waals surface area contributed by atoms with Gasteiger partial charge in [-0.1, -0.05) is 18.2 Å². The number of carboxylic acid groups (broad SMARTS) is 1. The zero-order chi connectivity index (χ0) is 17.5. The lowest BCUT2D eigenvalue weighted by Gasteiger charge is -2.22. The van der Waals surface area contributed by atoms with Crippen molar-refractivity contribution in [2.24, 2.45) is 0 Å². The van der Waals surface area contributed by atoms with Crippen LogP contribution in [0.15, 0.2) is 29.9 Å². The van der Waals surface area contributed by atoms with Crippen molar-refractivity contribution in [2.45, 2.75) is 33.2 Å². The highest BCUT2D eigenvalue weighted by molar-refractivity contribution is 7.17. The lowest BCUT2D eigenvalue weighted by atomic mass is 10.00. The van der Waals surface area contributed by atoms with Gasteiger partial charge >= 0.3 is 5.97 Å². The monoisotopic (exact) mass is 341 g/mol. The number of aromatic nitrogens is 2. The van der Waals surface area contributed by atoms with Gasteiger partial charge < -0.3 is 10.4 Å². The van der Waals surface area contributed by atoms with E-state index in [0.29, 0.717) is 5.82 Å². The molecule has 0 unspecified atom stereocenters. The first kappa shape index (κ1) is 16.4. The van der Waals surface area contributed by atoms with Crippen LogP contribution in [-0.4, -0.2) is 26.6 Å². The maximum absolute atomic E-state index is 11.4. The standard InChI is InChI=1S/C18H19N3O2S/c1-10-5-6-12(7-11(10)2)13-8-24-16-14(13)15(19-9-20-16)21-18(3,4)17(22)23/h5-9H,1-4H3,(H,22,23)(H,19,20,21). The Bertz CT molecular complexity index is 931. The van der Waals surface area contributed by atoms with Crippen LogP contribution in [0.25, 0.3) is 21.3 Å². The van der Waals surface area contributed by atoms with Gasteiger partial charge in [0.1, 0.15) is 22.5 Å². The molecule has 2 aromatic heterocycles. The van der Waals surface area contributed by atoms with Crippen molar-refractivity contribution < 1.29 is 9.90 Å². The average Bonchev–Trinajstić information content (AvgIpc) is 2.95. The molecule has 0 aliphatic carbocycles. The second-order valence-electron chi connectivity index (χ2n) is 6.41. The van der Waals surface area contributed by atoms with Crippen molar-refractivity contribution in [1.29, 1.82) is 0 Å². The number of benzene rings is 1. The lowest BCUT2D eigenvalue weighted by molar-refractivity contribution is -0.141. The molecule has 24 heavy (non-hydrogen) atoms. The van der Waals surface area contributed by atoms with E-state index in [1.807, 2.05) is 5.38 Å². The number of fused-ring (bicyclic) bond motifs is 1. The van der Waals surface area contributed by atoms with Gasteiger partial charge in [0.05, 0.1) is 5.39 Å². The lowest BCUT2D eigenvalue weighted by Crippen LogP contribution is -2.40. The molecule has 0 spiro atoms. The van der Waals surface area contributed by atoms with E-state index >= 15 is 0 Å². The molecule has 0 aliphatic rings. The maximum Gasteiger partial charge on any atom is 0.328 e. The maximum atomic E-state index is 11.4. The summed E-state index contributed by atoms with van der Waals surface area (Å²) in [7, 11) is 0. The van der Waals surface area contributed by atoms with E-state index in [1.165, 1.54) is 28.8 Å². The van der Waals surface area contributed by atoms with Crippen LogP contribution in [0.4, 0.5) is 5.82 Å². The molecule has 5 nitrogen and oxygen atoms in total. The summed E-state index contributed by atoms with van der Waals surface area (Å²) in [6, 6.07) is 6.30. The number of nitrogens with one attached hydrogen (secondary N) is 1. The van der Waals surface area contributed by atoms with E-state index in [0.717, 1.165) is 21.3 Å². The second kappa shape index (κ2) is 5.87. The minimum absolute atomic E-state index is 0.543. The summed E-state index contributed by atoms with van der Waals surface area (Å²) in [5, 5.41) is 15.3. The first-order chi connectivity index (χ1) is 11.3. The Kier molecular flexibility index (Phi) is 4.01. The third kappa shape index (κ3) is 2.85. The zero-order valence-electron chi connectivity index (χ0n) is 14.0. The first-order valence-electron chi connectivity index (χ1n) is 7.61. The molecule has 2 N–H and O–H groups in total. The molecule has 3 aromatic rings. The summed E-state index contributed by atoms with van der Waals surface area (Å²) < 4.78 is 0. The molecular formula is C18H19N3O2S. The molecule has 0 saturated carbocycles. The highest BCUT2D eigenvalue weighted by atomic mass is 32.1. The largest absolute Gasteiger partial charge is 0.480 e. The Morgan fingerprint density at radius 2 is 1.96 bits per heavy atom. The number of nitrogens with zero attached hydrogens (tertiary/aromatic N) is 2. The van der Waals surface area contributed by atoms with Crippen molar-refractivity contribution in [2.75, 3.05) is 5.32 Å². The van der Waals surface area contributed by atoms with E-state index in [1.54, 1.807) is 13.8 Å². The fourth-order valence-electron chi connectivity index (χ4n) is 2.44. The number of aryl methyl sites for hydroxylation is 2. The summed E-state index contributed by atoms with van der Waals surface area (Å²) >= 11 is 1.53. The van der Waals surface area contributed by atoms with Crippen molar-refractivity contribution >= 4 is 33.3 Å². The van der Waals surface area contributed by atoms with E-state index in [4.69, 9.17) is 0 Å². The van der Waals surface area contributed by atoms with Gasteiger partial charge in [0.25, 0.3) is 0 Å². The van der Waals surface area contributed by atoms with Crippen LogP contribution in [0.3, 0.4) is 0 Å². The highest BCUT2D eigenvalue weighted by Gasteiger charge is 2.28. The van der Waals surface area contributed by atoms with Gasteiger partial charge in [0.2, 0.25) is 0 Å². The molecule has 6 heteroatoms. The summed E-state index contributed by atoms with van der Waals surface area (Å²) in [6.45, 7) is 7.39. The molecule has 3 rings (SSSR count). The smallest absolute Gasteiger partial charge is 0.328 e. The number of carbonyl (C=O) groups is 1. The number of hydrogen-bond donors (Lipinski definition) is 2. The molecule has 1 aromatic carbocycles. The molecule has 0 amide bonds. The van der Waals surface area contributed by atoms with Crippen molar-refractivity contribution in [3.63, 3.8) is 0 Å². The van der Waals surface area contributed by atoms with Gasteiger partial charge in [0.15, 0.2) is 0 Å². The second-order valence-corrected chi connectivity index (χ2v) is 7.26. The topological polar surface area (TPSA) is 75.1 Å². The van der Waals surface area contributed by atoms with E-state index < -0.39 is 11.5 Å². The van der Waals surface area contributed by atoms with Gasteiger partial charge in [-0.05, 0) is 44.4 Å². The molecule has 0 radical (unpaired) electrons. The number of hydrogen-bond acceptors (Lipinski definition) is 5. The van der Waals surface area contributed by atoms with Gasteiger partial charge in [0, 0.05) is 10.9 Å². The average molecular weight is 341 g/mol. The molecule has 0 saturated heterocycles. The number of anilines is 1. The van der Waals surface area contributed by atoms with Gasteiger partial charge in [-0.2, -0.15) is 0 Å². The van der Waals surface area contributed by atoms with Crippen LogP contribution in [0.2, 0.25) is 0 Å². The number of thiophene rings is 1. The predicted molar refractivity (Wildman–Crippen MR) is 97.7 cm³/mol. The summed E-state index contributed by atoms with van der Waals surface area (Å²) in [5.74, 6) is -0.390. The van der Waals surface area contributed by atoms with Gasteiger partial charge in [-0.25, -0.2) is 14.8 Å². The molecule has 2 heterocycles. The van der Waals surface area contributed by atoms with E-state index in [2.05, 4.69) is 47.3 Å². The van der Waals surface area contributed by atoms with Crippen molar-refractivity contribution in [3.05, 3.63) is 41.0 Å². The molecule has 0 atom stereocenters. The zero-order valence-corrected chi connectivity index (χ0v) is 14.9. The summed E-state index contributed by atoms with van der Waals surface area (Å²) in [6.07, 6.45) is 1.46. The predicted octanol–water partition coefficient (Wildman–Crippen LogP) is 4.25. The highest BCUT2D eigenvalue weighted by Crippen LogP contribution is 2.37. The fraction of sp³-hybridized carbons (Fsp3) is 0.278. The molecular weight excluding hydrogens is 322 g/mol. The Hall–Kier alpha value is -2.47. The Balaban J connectivity index is 2.17. The number of rotatable bonds is 4. The van der Waals surface area contributed by atoms with Crippen molar-refractivity contribution in [1.82, 2.24) is 9.97 Å². The quantitative estimate of drug-likeness (QED) is 0.742. The number of carboxylic acids is 1. The van der Waals surface area contributed by atoms with Crippen LogP contribution < -0.4 is 5.32 Å². The normalized spacial score (nSPS) is 11.7. The van der Waals surface area contributed by atoms with Crippen LogP contribution in [0.5, 0.6) is 0 Å². The summed E-state index contributed by atoms with van der Waals surface area (Å²) in [4.78, 5) is 20.9. The first-order valence-corrected chi connectivity index (χ1v) is 8.49. The Morgan fingerprint density at radius 3 is 2.62 bits per heavy atom. The third-order valence-electron chi connectivity index (χ3n) is 4.15. The van der Waals surface area contributed by atoms with Gasteiger partial charge in [-0.3, -0.25) is 0 Å². The minimum Gasteiger partial charge on any atom is -0.480 e. The number of aliphatic carboxylic acids is 1.